The van der Waals surface area contributed by atoms with Crippen molar-refractivity contribution in [3.8, 4) is 0 Å². The second kappa shape index (κ2) is 6.10. The van der Waals surface area contributed by atoms with Gasteiger partial charge in [0.05, 0.1) is 23.4 Å². The van der Waals surface area contributed by atoms with Gasteiger partial charge in [0, 0.05) is 28.9 Å². The molecule has 0 saturated carbocycles. The number of hydrogen-bond acceptors (Lipinski definition) is 3. The zero-order chi connectivity index (χ0) is 18.4. The van der Waals surface area contributed by atoms with Gasteiger partial charge in [0.25, 0.3) is 5.24 Å². The van der Waals surface area contributed by atoms with Gasteiger partial charge in [0.1, 0.15) is 11.6 Å². The van der Waals surface area contributed by atoms with Crippen molar-refractivity contribution < 1.29 is 18.4 Å². The molecular weight excluding hydrogens is 358 g/mol. The van der Waals surface area contributed by atoms with Crippen LogP contribution in [0, 0.1) is 11.6 Å². The van der Waals surface area contributed by atoms with Crippen LogP contribution < -0.4 is 4.90 Å². The Hall–Kier alpha value is -2.93. The summed E-state index contributed by atoms with van der Waals surface area (Å²) in [5.41, 5.74) is 1.60. The van der Waals surface area contributed by atoms with Crippen molar-refractivity contribution in [2.24, 2.45) is 0 Å². The molecule has 0 spiro atoms. The molecule has 0 radical (unpaired) electrons. The Morgan fingerprint density at radius 3 is 2.62 bits per heavy atom. The van der Waals surface area contributed by atoms with E-state index in [1.807, 2.05) is 6.07 Å². The number of thioether (sulfide) groups is 1. The molecule has 2 heterocycles. The van der Waals surface area contributed by atoms with Crippen molar-refractivity contribution in [3.05, 3.63) is 78.1 Å². The Kier molecular flexibility index (Phi) is 3.88. The van der Waals surface area contributed by atoms with Gasteiger partial charge in [0.2, 0.25) is 5.12 Å². The third-order valence-corrected chi connectivity index (χ3v) is 5.03. The van der Waals surface area contributed by atoms with E-state index in [0.29, 0.717) is 22.8 Å². The van der Waals surface area contributed by atoms with Crippen LogP contribution in [0.4, 0.5) is 19.3 Å². The van der Waals surface area contributed by atoms with E-state index in [9.17, 15) is 18.4 Å². The first-order valence-electron chi connectivity index (χ1n) is 7.72. The molecule has 4 nitrogen and oxygen atoms in total. The van der Waals surface area contributed by atoms with Crippen LogP contribution in [0.5, 0.6) is 0 Å². The van der Waals surface area contributed by atoms with Crippen LogP contribution in [0.2, 0.25) is 0 Å². The van der Waals surface area contributed by atoms with Gasteiger partial charge in [-0.05, 0) is 36.4 Å². The highest BCUT2D eigenvalue weighted by Crippen LogP contribution is 2.37. The second-order valence-corrected chi connectivity index (χ2v) is 6.75. The van der Waals surface area contributed by atoms with E-state index in [1.165, 1.54) is 4.90 Å². The molecule has 3 aromatic rings. The molecule has 1 aliphatic rings. The van der Waals surface area contributed by atoms with E-state index >= 15 is 0 Å². The summed E-state index contributed by atoms with van der Waals surface area (Å²) in [5.74, 6) is -0.998. The number of hydrogen-bond donors (Lipinski definition) is 0. The van der Waals surface area contributed by atoms with Gasteiger partial charge in [-0.3, -0.25) is 14.5 Å². The molecule has 1 aromatic heterocycles. The standard InChI is InChI=1S/C19H12F2N2O2S/c1-11-18(24)26-19(25)23(11)17-4-2-3-16-14(17)7-8-22(16)10-12-9-13(20)5-6-15(12)21/h2-9H,1,10H2. The summed E-state index contributed by atoms with van der Waals surface area (Å²) in [6.07, 6.45) is 1.73. The van der Waals surface area contributed by atoms with E-state index in [1.54, 1.807) is 29.0 Å². The summed E-state index contributed by atoms with van der Waals surface area (Å²) in [4.78, 5) is 25.1. The summed E-state index contributed by atoms with van der Waals surface area (Å²) < 4.78 is 29.1. The molecule has 0 atom stereocenters. The summed E-state index contributed by atoms with van der Waals surface area (Å²) in [5, 5.41) is -0.0706. The molecule has 4 rings (SSSR count). The lowest BCUT2D eigenvalue weighted by Crippen LogP contribution is -2.20. The topological polar surface area (TPSA) is 42.3 Å². The fourth-order valence-corrected chi connectivity index (χ4v) is 3.68. The largest absolute Gasteiger partial charge is 0.343 e. The van der Waals surface area contributed by atoms with Crippen molar-refractivity contribution in [2.75, 3.05) is 4.90 Å². The van der Waals surface area contributed by atoms with Crippen molar-refractivity contribution >= 4 is 38.7 Å². The number of amides is 1. The fourth-order valence-electron chi connectivity index (χ4n) is 3.02. The Morgan fingerprint density at radius 2 is 1.88 bits per heavy atom. The molecule has 1 amide bonds. The highest BCUT2D eigenvalue weighted by molar-refractivity contribution is 8.27. The minimum Gasteiger partial charge on any atom is -0.343 e. The molecule has 0 bridgehead atoms. The van der Waals surface area contributed by atoms with E-state index in [-0.39, 0.29) is 22.9 Å². The fraction of sp³-hybridized carbons (Fsp3) is 0.0526. The lowest BCUT2D eigenvalue weighted by molar-refractivity contribution is -0.107. The summed E-state index contributed by atoms with van der Waals surface area (Å²) >= 11 is 0.604. The van der Waals surface area contributed by atoms with Crippen LogP contribution in [0.15, 0.2) is 60.9 Å². The number of aromatic nitrogens is 1. The summed E-state index contributed by atoms with van der Waals surface area (Å²) in [6, 6.07) is 10.4. The van der Waals surface area contributed by atoms with Crippen molar-refractivity contribution in [2.45, 2.75) is 6.54 Å². The maximum atomic E-state index is 13.9. The molecule has 0 unspecified atom stereocenters. The Labute approximate surface area is 151 Å². The van der Waals surface area contributed by atoms with Crippen LogP contribution in [-0.4, -0.2) is 14.9 Å². The minimum atomic E-state index is -0.506. The van der Waals surface area contributed by atoms with Crippen LogP contribution in [0.3, 0.4) is 0 Å². The molecule has 0 N–H and O–H groups in total. The molecule has 0 aliphatic carbocycles. The van der Waals surface area contributed by atoms with Crippen molar-refractivity contribution in [1.82, 2.24) is 4.57 Å². The average molecular weight is 370 g/mol. The van der Waals surface area contributed by atoms with Gasteiger partial charge in [-0.25, -0.2) is 8.78 Å². The van der Waals surface area contributed by atoms with Gasteiger partial charge in [0.15, 0.2) is 0 Å². The maximum Gasteiger partial charge on any atom is 0.298 e. The Morgan fingerprint density at radius 1 is 1.08 bits per heavy atom. The highest BCUT2D eigenvalue weighted by Gasteiger charge is 2.35. The molecule has 130 valence electrons. The number of carbonyl (C=O) groups excluding carboxylic acids is 2. The number of benzene rings is 2. The van der Waals surface area contributed by atoms with Crippen molar-refractivity contribution in [3.63, 3.8) is 0 Å². The van der Waals surface area contributed by atoms with E-state index in [4.69, 9.17) is 0 Å². The van der Waals surface area contributed by atoms with Gasteiger partial charge >= 0.3 is 0 Å². The predicted molar refractivity (Wildman–Crippen MR) is 97.0 cm³/mol. The number of anilines is 1. The smallest absolute Gasteiger partial charge is 0.298 e. The maximum absolute atomic E-state index is 13.9. The van der Waals surface area contributed by atoms with Crippen LogP contribution >= 0.6 is 11.8 Å². The van der Waals surface area contributed by atoms with E-state index < -0.39 is 16.9 Å². The second-order valence-electron chi connectivity index (χ2n) is 5.83. The van der Waals surface area contributed by atoms with E-state index in [2.05, 4.69) is 6.58 Å². The third kappa shape index (κ3) is 2.61. The van der Waals surface area contributed by atoms with Gasteiger partial charge in [-0.1, -0.05) is 12.6 Å². The first-order valence-corrected chi connectivity index (χ1v) is 8.54. The molecule has 7 heteroatoms. The Bertz CT molecular complexity index is 1090. The number of carbonyl (C=O) groups is 2. The number of halogens is 2. The molecule has 1 fully saturated rings. The number of rotatable bonds is 3. The molecule has 26 heavy (non-hydrogen) atoms. The zero-order valence-corrected chi connectivity index (χ0v) is 14.2. The number of nitrogens with zero attached hydrogens (tertiary/aromatic N) is 2. The van der Waals surface area contributed by atoms with Crippen LogP contribution in [0.1, 0.15) is 5.56 Å². The lowest BCUT2D eigenvalue weighted by atomic mass is 10.2. The number of fused-ring (bicyclic) bond motifs is 1. The van der Waals surface area contributed by atoms with E-state index in [0.717, 1.165) is 23.7 Å². The summed E-state index contributed by atoms with van der Waals surface area (Å²) in [6.45, 7) is 3.82. The minimum absolute atomic E-state index is 0.108. The van der Waals surface area contributed by atoms with Gasteiger partial charge in [-0.2, -0.15) is 0 Å². The third-order valence-electron chi connectivity index (χ3n) is 4.25. The molecule has 1 saturated heterocycles. The zero-order valence-electron chi connectivity index (χ0n) is 13.4. The average Bonchev–Trinajstić information content (AvgIpc) is 3.12. The lowest BCUT2D eigenvalue weighted by Gasteiger charge is -2.16. The van der Waals surface area contributed by atoms with Crippen LogP contribution in [0.25, 0.3) is 10.9 Å². The SMILES string of the molecule is C=C1C(=O)SC(=O)N1c1cccc2c1ccn2Cc1cc(F)ccc1F. The van der Waals surface area contributed by atoms with Crippen molar-refractivity contribution in [1.29, 1.82) is 0 Å². The van der Waals surface area contributed by atoms with Crippen LogP contribution in [-0.2, 0) is 11.3 Å². The normalized spacial score (nSPS) is 14.7. The van der Waals surface area contributed by atoms with Gasteiger partial charge < -0.3 is 4.57 Å². The highest BCUT2D eigenvalue weighted by atomic mass is 32.2. The Balaban J connectivity index is 1.79. The van der Waals surface area contributed by atoms with Gasteiger partial charge in [-0.15, -0.1) is 0 Å². The first-order chi connectivity index (χ1) is 12.5. The molecule has 1 aliphatic heterocycles. The predicted octanol–water partition coefficient (Wildman–Crippen LogP) is 4.68. The monoisotopic (exact) mass is 370 g/mol. The molecule has 2 aromatic carbocycles. The quantitative estimate of drug-likeness (QED) is 0.629. The summed E-state index contributed by atoms with van der Waals surface area (Å²) in [7, 11) is 0. The molecular formula is C19H12F2N2O2S. The first kappa shape index (κ1) is 16.5.